The third-order valence-electron chi connectivity index (χ3n) is 4.71. The van der Waals surface area contributed by atoms with Gasteiger partial charge in [0.25, 0.3) is 0 Å². The molecule has 2 heterocycles. The summed E-state index contributed by atoms with van der Waals surface area (Å²) >= 11 is 0. The van der Waals surface area contributed by atoms with E-state index in [1.54, 1.807) is 16.9 Å². The van der Waals surface area contributed by atoms with Crippen LogP contribution in [0.3, 0.4) is 0 Å². The van der Waals surface area contributed by atoms with Gasteiger partial charge in [0, 0.05) is 32.0 Å². The lowest BCUT2D eigenvalue weighted by molar-refractivity contribution is 0.317. The highest BCUT2D eigenvalue weighted by Crippen LogP contribution is 2.24. The Morgan fingerprint density at radius 3 is 2.48 bits per heavy atom. The lowest BCUT2D eigenvalue weighted by atomic mass is 9.89. The van der Waals surface area contributed by atoms with Crippen LogP contribution in [0, 0.1) is 19.3 Å². The van der Waals surface area contributed by atoms with Crippen molar-refractivity contribution in [3.63, 3.8) is 0 Å². The fourth-order valence-corrected chi connectivity index (χ4v) is 4.23. The molecule has 0 aliphatic heterocycles. The third kappa shape index (κ3) is 5.52. The molecule has 0 amide bonds. The van der Waals surface area contributed by atoms with Crippen LogP contribution in [0.1, 0.15) is 44.5 Å². The van der Waals surface area contributed by atoms with Gasteiger partial charge >= 0.3 is 0 Å². The van der Waals surface area contributed by atoms with Gasteiger partial charge < -0.3 is 5.32 Å². The Morgan fingerprint density at radius 1 is 1.26 bits per heavy atom. The van der Waals surface area contributed by atoms with Crippen LogP contribution in [0.2, 0.25) is 0 Å². The number of hydrogen-bond donors (Lipinski definition) is 2. The van der Waals surface area contributed by atoms with Gasteiger partial charge in [-0.2, -0.15) is 5.10 Å². The number of anilines is 1. The zero-order chi connectivity index (χ0) is 20.4. The highest BCUT2D eigenvalue weighted by Gasteiger charge is 2.28. The van der Waals surface area contributed by atoms with E-state index in [9.17, 15) is 8.42 Å². The Balaban J connectivity index is 2.19. The minimum absolute atomic E-state index is 0.182. The van der Waals surface area contributed by atoms with Crippen molar-refractivity contribution >= 4 is 15.8 Å². The second-order valence-electron chi connectivity index (χ2n) is 8.16. The molecule has 150 valence electrons. The van der Waals surface area contributed by atoms with Crippen LogP contribution < -0.4 is 10.0 Å². The van der Waals surface area contributed by atoms with Crippen LogP contribution >= 0.6 is 0 Å². The number of aromatic nitrogens is 3. The van der Waals surface area contributed by atoms with Crippen molar-refractivity contribution in [1.82, 2.24) is 19.5 Å². The number of hydrogen-bond acceptors (Lipinski definition) is 5. The summed E-state index contributed by atoms with van der Waals surface area (Å²) in [5.74, 6) is 0.371. The van der Waals surface area contributed by atoms with E-state index < -0.39 is 10.0 Å². The van der Waals surface area contributed by atoms with E-state index in [2.05, 4.69) is 20.1 Å². The van der Waals surface area contributed by atoms with Crippen molar-refractivity contribution in [2.24, 2.45) is 12.5 Å². The molecule has 2 aromatic heterocycles. The maximum absolute atomic E-state index is 12.9. The van der Waals surface area contributed by atoms with Crippen LogP contribution in [-0.4, -0.2) is 35.8 Å². The highest BCUT2D eigenvalue weighted by atomic mass is 32.2. The zero-order valence-electron chi connectivity index (χ0n) is 17.3. The summed E-state index contributed by atoms with van der Waals surface area (Å²) in [6.45, 7) is 12.3. The van der Waals surface area contributed by atoms with Gasteiger partial charge in [0.2, 0.25) is 10.0 Å². The standard InChI is InChI=1S/C19H31N5O2S/c1-13-10-17(27(25,26)23-15(3)19(4,5)6)18(21-11-13)20-9-8-16-12-24(7)22-14(16)2/h10-12,15,23H,8-9H2,1-7H3,(H,20,21). The van der Waals surface area contributed by atoms with E-state index in [0.29, 0.717) is 12.4 Å². The molecule has 1 unspecified atom stereocenters. The molecular formula is C19H31N5O2S. The summed E-state index contributed by atoms with van der Waals surface area (Å²) in [6.07, 6.45) is 4.38. The molecule has 27 heavy (non-hydrogen) atoms. The van der Waals surface area contributed by atoms with Crippen LogP contribution in [0.5, 0.6) is 0 Å². The molecule has 0 bridgehead atoms. The summed E-state index contributed by atoms with van der Waals surface area (Å²) in [4.78, 5) is 4.50. The van der Waals surface area contributed by atoms with Crippen molar-refractivity contribution in [1.29, 1.82) is 0 Å². The summed E-state index contributed by atoms with van der Waals surface area (Å²) in [5, 5.41) is 7.50. The van der Waals surface area contributed by atoms with E-state index in [0.717, 1.165) is 23.2 Å². The summed E-state index contributed by atoms with van der Waals surface area (Å²) in [6, 6.07) is 1.44. The topological polar surface area (TPSA) is 88.9 Å². The fraction of sp³-hybridized carbons (Fsp3) is 0.579. The van der Waals surface area contributed by atoms with Crippen molar-refractivity contribution in [3.05, 3.63) is 35.3 Å². The van der Waals surface area contributed by atoms with Gasteiger partial charge in [0.05, 0.1) is 5.69 Å². The molecule has 0 spiro atoms. The number of nitrogens with zero attached hydrogens (tertiary/aromatic N) is 3. The Hall–Kier alpha value is -1.93. The van der Waals surface area contributed by atoms with Crippen molar-refractivity contribution in [3.8, 4) is 0 Å². The van der Waals surface area contributed by atoms with E-state index >= 15 is 0 Å². The Labute approximate surface area is 162 Å². The van der Waals surface area contributed by atoms with Crippen LogP contribution in [0.25, 0.3) is 0 Å². The van der Waals surface area contributed by atoms with E-state index in [1.165, 1.54) is 0 Å². The van der Waals surface area contributed by atoms with Gasteiger partial charge in [-0.3, -0.25) is 4.68 Å². The third-order valence-corrected chi connectivity index (χ3v) is 6.27. The molecule has 8 heteroatoms. The van der Waals surface area contributed by atoms with Crippen LogP contribution in [-0.2, 0) is 23.5 Å². The van der Waals surface area contributed by atoms with E-state index in [1.807, 2.05) is 54.8 Å². The number of sulfonamides is 1. The smallest absolute Gasteiger partial charge is 0.244 e. The molecule has 1 atom stereocenters. The Morgan fingerprint density at radius 2 is 1.93 bits per heavy atom. The minimum atomic E-state index is -3.69. The first kappa shape index (κ1) is 21.4. The van der Waals surface area contributed by atoms with Gasteiger partial charge in [0.1, 0.15) is 10.7 Å². The molecule has 0 radical (unpaired) electrons. The predicted molar refractivity (Wildman–Crippen MR) is 108 cm³/mol. The minimum Gasteiger partial charge on any atom is -0.369 e. The normalized spacial score (nSPS) is 13.6. The lowest BCUT2D eigenvalue weighted by Gasteiger charge is -2.28. The molecule has 2 rings (SSSR count). The van der Waals surface area contributed by atoms with Crippen LogP contribution in [0.15, 0.2) is 23.4 Å². The molecule has 0 saturated carbocycles. The van der Waals surface area contributed by atoms with E-state index in [4.69, 9.17) is 0 Å². The fourth-order valence-electron chi connectivity index (χ4n) is 2.56. The molecule has 7 nitrogen and oxygen atoms in total. The first-order valence-corrected chi connectivity index (χ1v) is 10.6. The predicted octanol–water partition coefficient (Wildman–Crippen LogP) is 2.80. The van der Waals surface area contributed by atoms with Gasteiger partial charge in [0.15, 0.2) is 0 Å². The first-order chi connectivity index (χ1) is 12.4. The second-order valence-corrected chi connectivity index (χ2v) is 9.84. The average molecular weight is 394 g/mol. The van der Waals surface area contributed by atoms with Crippen molar-refractivity contribution in [2.75, 3.05) is 11.9 Å². The quantitative estimate of drug-likeness (QED) is 0.755. The molecular weight excluding hydrogens is 362 g/mol. The maximum Gasteiger partial charge on any atom is 0.244 e. The van der Waals surface area contributed by atoms with Crippen molar-refractivity contribution < 1.29 is 8.42 Å². The van der Waals surface area contributed by atoms with Gasteiger partial charge in [-0.05, 0) is 49.8 Å². The highest BCUT2D eigenvalue weighted by molar-refractivity contribution is 7.89. The first-order valence-electron chi connectivity index (χ1n) is 9.12. The number of pyridine rings is 1. The van der Waals surface area contributed by atoms with E-state index in [-0.39, 0.29) is 16.4 Å². The van der Waals surface area contributed by atoms with Gasteiger partial charge in [-0.25, -0.2) is 18.1 Å². The van der Waals surface area contributed by atoms with Crippen molar-refractivity contribution in [2.45, 2.75) is 58.9 Å². The summed E-state index contributed by atoms with van der Waals surface area (Å²) in [5.41, 5.74) is 2.72. The molecule has 0 aliphatic rings. The number of rotatable bonds is 7. The van der Waals surface area contributed by atoms with Gasteiger partial charge in [-0.15, -0.1) is 0 Å². The molecule has 0 aromatic carbocycles. The molecule has 0 saturated heterocycles. The SMILES string of the molecule is Cc1cnc(NCCc2cn(C)nc2C)c(S(=O)(=O)NC(C)C(C)(C)C)c1. The molecule has 2 aromatic rings. The largest absolute Gasteiger partial charge is 0.369 e. The Kier molecular flexibility index (Phi) is 6.32. The monoisotopic (exact) mass is 393 g/mol. The number of aryl methyl sites for hydroxylation is 3. The lowest BCUT2D eigenvalue weighted by Crippen LogP contribution is -2.41. The second kappa shape index (κ2) is 7.98. The Bertz CT molecular complexity index is 897. The average Bonchev–Trinajstić information content (AvgIpc) is 2.85. The molecule has 2 N–H and O–H groups in total. The summed E-state index contributed by atoms with van der Waals surface area (Å²) in [7, 11) is -1.80. The van der Waals surface area contributed by atoms with Crippen LogP contribution in [0.4, 0.5) is 5.82 Å². The number of nitrogens with one attached hydrogen (secondary N) is 2. The molecule has 0 fully saturated rings. The molecule has 0 aliphatic carbocycles. The maximum atomic E-state index is 12.9. The zero-order valence-corrected chi connectivity index (χ0v) is 18.1. The van der Waals surface area contributed by atoms with Gasteiger partial charge in [-0.1, -0.05) is 20.8 Å². The summed E-state index contributed by atoms with van der Waals surface area (Å²) < 4.78 is 30.5.